The smallest absolute Gasteiger partial charge is 0.325 e. The molecule has 2 heterocycles. The van der Waals surface area contributed by atoms with Gasteiger partial charge in [-0.2, -0.15) is 0 Å². The van der Waals surface area contributed by atoms with Gasteiger partial charge in [0.15, 0.2) is 0 Å². The van der Waals surface area contributed by atoms with Crippen LogP contribution in [0.5, 0.6) is 0 Å². The Morgan fingerprint density at radius 1 is 1.03 bits per heavy atom. The number of aromatic amines is 1. The number of carbonyl (C=O) groups excluding carboxylic acids is 1. The second-order valence-electron chi connectivity index (χ2n) is 8.33. The second kappa shape index (κ2) is 8.93. The number of nitrogens with one attached hydrogen (secondary N) is 2. The molecule has 2 aromatic rings. The van der Waals surface area contributed by atoms with Crippen LogP contribution in [0.2, 0.25) is 0 Å². The first-order valence-corrected chi connectivity index (χ1v) is 10.7. The number of aliphatic carboxylic acids is 2. The van der Waals surface area contributed by atoms with Crippen molar-refractivity contribution in [1.82, 2.24) is 9.88 Å². The van der Waals surface area contributed by atoms with Gasteiger partial charge in [0.2, 0.25) is 5.91 Å². The number of hydrogen-bond donors (Lipinski definition) is 4. The molecule has 1 fully saturated rings. The summed E-state index contributed by atoms with van der Waals surface area (Å²) in [5, 5.41) is 23.0. The molecule has 164 valence electrons. The predicted molar refractivity (Wildman–Crippen MR) is 116 cm³/mol. The van der Waals surface area contributed by atoms with Gasteiger partial charge in [-0.25, -0.2) is 0 Å². The number of hydrogen-bond acceptors (Lipinski definition) is 4. The monoisotopic (exact) mass is 425 g/mol. The number of nitrogens with zero attached hydrogens (tertiary/aromatic N) is 1. The summed E-state index contributed by atoms with van der Waals surface area (Å²) in [6.07, 6.45) is 9.17. The lowest BCUT2D eigenvalue weighted by Crippen LogP contribution is -2.37. The van der Waals surface area contributed by atoms with E-state index in [1.54, 1.807) is 30.5 Å². The van der Waals surface area contributed by atoms with Crippen LogP contribution >= 0.6 is 0 Å². The first kappa shape index (κ1) is 21.1. The van der Waals surface area contributed by atoms with Crippen molar-refractivity contribution in [2.75, 3.05) is 18.4 Å². The maximum Gasteiger partial charge on any atom is 0.325 e. The minimum atomic E-state index is -0.973. The number of aromatic nitrogens is 1. The molecule has 8 heteroatoms. The van der Waals surface area contributed by atoms with Crippen molar-refractivity contribution < 1.29 is 24.6 Å². The lowest BCUT2D eigenvalue weighted by atomic mass is 9.82. The standard InChI is InChI=1S/C23H27N3O5/c27-21(15-6-2-3-7-16(15)22(28)29)25-14-8-9-19-17(12-14)18(13-24-19)20(23(30)31)26-10-4-1-5-11-26/h2-3,8-9,12-13,15-16,20,24H,1,4-7,10-11H2,(H,25,27)(H,28,29)(H,30,31)/t15-,16+,20+/m0/s1. The summed E-state index contributed by atoms with van der Waals surface area (Å²) in [4.78, 5) is 41.6. The molecule has 3 atom stereocenters. The Hall–Kier alpha value is -3.13. The highest BCUT2D eigenvalue weighted by Gasteiger charge is 2.34. The lowest BCUT2D eigenvalue weighted by Gasteiger charge is -2.31. The molecular formula is C23H27N3O5. The number of rotatable bonds is 6. The van der Waals surface area contributed by atoms with E-state index in [4.69, 9.17) is 0 Å². The van der Waals surface area contributed by atoms with E-state index in [0.29, 0.717) is 24.1 Å². The summed E-state index contributed by atoms with van der Waals surface area (Å²) in [6.45, 7) is 1.48. The highest BCUT2D eigenvalue weighted by Crippen LogP contribution is 2.33. The molecule has 0 saturated carbocycles. The van der Waals surface area contributed by atoms with Crippen molar-refractivity contribution in [3.05, 3.63) is 42.1 Å². The third-order valence-corrected chi connectivity index (χ3v) is 6.35. The molecular weight excluding hydrogens is 398 g/mol. The zero-order valence-electron chi connectivity index (χ0n) is 17.2. The van der Waals surface area contributed by atoms with Crippen LogP contribution in [0.25, 0.3) is 10.9 Å². The summed E-state index contributed by atoms with van der Waals surface area (Å²) in [5.74, 6) is -3.58. The molecule has 0 bridgehead atoms. The van der Waals surface area contributed by atoms with E-state index >= 15 is 0 Å². The van der Waals surface area contributed by atoms with E-state index in [1.807, 2.05) is 11.0 Å². The number of likely N-dealkylation sites (tertiary alicyclic amines) is 1. The summed E-state index contributed by atoms with van der Waals surface area (Å²) in [7, 11) is 0. The molecule has 1 aliphatic carbocycles. The van der Waals surface area contributed by atoms with Crippen LogP contribution in [-0.2, 0) is 14.4 Å². The normalized spacial score (nSPS) is 22.8. The van der Waals surface area contributed by atoms with Crippen LogP contribution in [0.3, 0.4) is 0 Å². The van der Waals surface area contributed by atoms with Crippen LogP contribution < -0.4 is 5.32 Å². The number of carbonyl (C=O) groups is 3. The molecule has 4 N–H and O–H groups in total. The van der Waals surface area contributed by atoms with Crippen molar-refractivity contribution in [2.45, 2.75) is 38.1 Å². The molecule has 2 aliphatic rings. The van der Waals surface area contributed by atoms with E-state index < -0.39 is 29.8 Å². The Labute approximate surface area is 179 Å². The quantitative estimate of drug-likeness (QED) is 0.526. The zero-order chi connectivity index (χ0) is 22.0. The summed E-state index contributed by atoms with van der Waals surface area (Å²) in [6, 6.07) is 4.57. The van der Waals surface area contributed by atoms with Gasteiger partial charge in [-0.3, -0.25) is 19.3 Å². The van der Waals surface area contributed by atoms with E-state index in [9.17, 15) is 24.6 Å². The van der Waals surface area contributed by atoms with Gasteiger partial charge in [-0.15, -0.1) is 0 Å². The molecule has 4 rings (SSSR count). The molecule has 8 nitrogen and oxygen atoms in total. The van der Waals surface area contributed by atoms with Crippen molar-refractivity contribution in [3.8, 4) is 0 Å². The molecule has 1 aromatic carbocycles. The van der Waals surface area contributed by atoms with Gasteiger partial charge < -0.3 is 20.5 Å². The van der Waals surface area contributed by atoms with Crippen molar-refractivity contribution in [1.29, 1.82) is 0 Å². The average molecular weight is 425 g/mol. The van der Waals surface area contributed by atoms with E-state index in [2.05, 4.69) is 10.3 Å². The molecule has 0 radical (unpaired) electrons. The average Bonchev–Trinajstić information content (AvgIpc) is 3.17. The fourth-order valence-corrected chi connectivity index (χ4v) is 4.72. The van der Waals surface area contributed by atoms with E-state index in [-0.39, 0.29) is 5.91 Å². The van der Waals surface area contributed by atoms with Crippen molar-refractivity contribution >= 4 is 34.4 Å². The largest absolute Gasteiger partial charge is 0.481 e. The molecule has 0 spiro atoms. The second-order valence-corrected chi connectivity index (χ2v) is 8.33. The van der Waals surface area contributed by atoms with Gasteiger partial charge in [0.25, 0.3) is 0 Å². The number of piperidine rings is 1. The van der Waals surface area contributed by atoms with Crippen LogP contribution in [-0.4, -0.2) is 51.0 Å². The first-order chi connectivity index (χ1) is 15.0. The Kier molecular flexibility index (Phi) is 6.08. The molecule has 1 saturated heterocycles. The minimum absolute atomic E-state index is 0.334. The number of benzene rings is 1. The van der Waals surface area contributed by atoms with Gasteiger partial charge >= 0.3 is 11.9 Å². The number of amides is 1. The Balaban J connectivity index is 1.60. The van der Waals surface area contributed by atoms with Gasteiger partial charge in [0.1, 0.15) is 6.04 Å². The Morgan fingerprint density at radius 3 is 2.42 bits per heavy atom. The zero-order valence-corrected chi connectivity index (χ0v) is 17.2. The molecule has 31 heavy (non-hydrogen) atoms. The Morgan fingerprint density at radius 2 is 1.74 bits per heavy atom. The van der Waals surface area contributed by atoms with Crippen LogP contribution in [0, 0.1) is 11.8 Å². The van der Waals surface area contributed by atoms with Crippen molar-refractivity contribution in [2.24, 2.45) is 11.8 Å². The maximum absolute atomic E-state index is 12.8. The third-order valence-electron chi connectivity index (χ3n) is 6.35. The summed E-state index contributed by atoms with van der Waals surface area (Å²) in [5.41, 5.74) is 1.99. The van der Waals surface area contributed by atoms with Crippen LogP contribution in [0.1, 0.15) is 43.7 Å². The van der Waals surface area contributed by atoms with Gasteiger partial charge in [-0.05, 0) is 57.0 Å². The lowest BCUT2D eigenvalue weighted by molar-refractivity contribution is -0.146. The topological polar surface area (TPSA) is 123 Å². The predicted octanol–water partition coefficient (Wildman–Crippen LogP) is 3.39. The van der Waals surface area contributed by atoms with E-state index in [1.165, 1.54) is 0 Å². The number of fused-ring (bicyclic) bond motifs is 1. The number of anilines is 1. The Bertz CT molecular complexity index is 1020. The molecule has 1 aromatic heterocycles. The van der Waals surface area contributed by atoms with Crippen LogP contribution in [0.15, 0.2) is 36.5 Å². The third kappa shape index (κ3) is 4.34. The fraction of sp³-hybridized carbons (Fsp3) is 0.435. The SMILES string of the molecule is O=C(Nc1ccc2[nH]cc([C@H](C(=O)O)N3CCCCC3)c2c1)[C@H]1CC=CC[C@H]1C(=O)O. The summed E-state index contributed by atoms with van der Waals surface area (Å²) >= 11 is 0. The number of carboxylic acids is 2. The molecule has 1 aliphatic heterocycles. The molecule has 0 unspecified atom stereocenters. The van der Waals surface area contributed by atoms with Gasteiger partial charge in [-0.1, -0.05) is 18.6 Å². The highest BCUT2D eigenvalue weighted by molar-refractivity contribution is 5.98. The fourth-order valence-electron chi connectivity index (χ4n) is 4.72. The van der Waals surface area contributed by atoms with Crippen LogP contribution in [0.4, 0.5) is 5.69 Å². The number of H-pyrrole nitrogens is 1. The van der Waals surface area contributed by atoms with E-state index in [0.717, 1.165) is 43.3 Å². The van der Waals surface area contributed by atoms with Gasteiger partial charge in [0, 0.05) is 28.4 Å². The number of carboxylic acid groups (broad SMARTS) is 2. The number of allylic oxidation sites excluding steroid dienone is 2. The summed E-state index contributed by atoms with van der Waals surface area (Å²) < 4.78 is 0. The van der Waals surface area contributed by atoms with Crippen molar-refractivity contribution in [3.63, 3.8) is 0 Å². The first-order valence-electron chi connectivity index (χ1n) is 10.7. The maximum atomic E-state index is 12.8. The highest BCUT2D eigenvalue weighted by atomic mass is 16.4. The van der Waals surface area contributed by atoms with Gasteiger partial charge in [0.05, 0.1) is 11.8 Å². The minimum Gasteiger partial charge on any atom is -0.481 e. The molecule has 1 amide bonds.